The van der Waals surface area contributed by atoms with Gasteiger partial charge in [-0.3, -0.25) is 4.79 Å². The third-order valence-corrected chi connectivity index (χ3v) is 6.22. The molecule has 1 aromatic carbocycles. The summed E-state index contributed by atoms with van der Waals surface area (Å²) in [6.07, 6.45) is 24.0. The molecule has 1 aromatic rings. The molecule has 0 fully saturated rings. The molecule has 210 valence electrons. The molecule has 1 unspecified atom stereocenters. The Balaban J connectivity index is 2.01. The lowest BCUT2D eigenvalue weighted by Gasteiger charge is -2.14. The topological polar surface area (TPSA) is 85.2 Å². The van der Waals surface area contributed by atoms with E-state index in [1.807, 2.05) is 6.08 Å². The molecule has 0 aliphatic heterocycles. The van der Waals surface area contributed by atoms with Crippen LogP contribution in [0, 0.1) is 0 Å². The second kappa shape index (κ2) is 22.9. The summed E-state index contributed by atoms with van der Waals surface area (Å²) in [5, 5.41) is 19.1. The van der Waals surface area contributed by atoms with E-state index in [1.54, 1.807) is 24.3 Å². The SMILES string of the molecule is CCCCCCCC/C=C\CCCCCCCC(=O)OCC(CO)OCC=Cc1ccc(O)c(OC)c1. The molecular weight excluding hydrogens is 468 g/mol. The molecule has 0 aliphatic carbocycles. The minimum absolute atomic E-state index is 0.0429. The number of ether oxygens (including phenoxy) is 3. The number of aromatic hydroxyl groups is 1. The van der Waals surface area contributed by atoms with Gasteiger partial charge in [-0.2, -0.15) is 0 Å². The lowest BCUT2D eigenvalue weighted by molar-refractivity contribution is -0.148. The van der Waals surface area contributed by atoms with Crippen LogP contribution < -0.4 is 4.74 Å². The number of hydrogen-bond donors (Lipinski definition) is 2. The molecule has 0 saturated heterocycles. The lowest BCUT2D eigenvalue weighted by Crippen LogP contribution is -2.25. The van der Waals surface area contributed by atoms with Crippen molar-refractivity contribution >= 4 is 12.0 Å². The quantitative estimate of drug-likeness (QED) is 0.0893. The van der Waals surface area contributed by atoms with Crippen LogP contribution in [-0.2, 0) is 14.3 Å². The van der Waals surface area contributed by atoms with Crippen molar-refractivity contribution in [3.05, 3.63) is 42.0 Å². The number of unbranched alkanes of at least 4 members (excludes halogenated alkanes) is 11. The fourth-order valence-corrected chi connectivity index (χ4v) is 3.93. The third kappa shape index (κ3) is 17.7. The van der Waals surface area contributed by atoms with Gasteiger partial charge in [0.1, 0.15) is 12.7 Å². The van der Waals surface area contributed by atoms with Crippen LogP contribution in [0.5, 0.6) is 11.5 Å². The van der Waals surface area contributed by atoms with Gasteiger partial charge in [0.15, 0.2) is 11.5 Å². The Morgan fingerprint density at radius 1 is 0.919 bits per heavy atom. The van der Waals surface area contributed by atoms with Gasteiger partial charge >= 0.3 is 5.97 Å². The van der Waals surface area contributed by atoms with Crippen molar-refractivity contribution in [2.24, 2.45) is 0 Å². The first-order valence-corrected chi connectivity index (χ1v) is 14.2. The molecule has 0 saturated carbocycles. The zero-order valence-electron chi connectivity index (χ0n) is 23.2. The molecule has 0 bridgehead atoms. The molecule has 0 aliphatic rings. The zero-order valence-corrected chi connectivity index (χ0v) is 23.2. The van der Waals surface area contributed by atoms with E-state index in [-0.39, 0.29) is 31.5 Å². The Morgan fingerprint density at radius 2 is 1.57 bits per heavy atom. The summed E-state index contributed by atoms with van der Waals surface area (Å²) in [6, 6.07) is 5.03. The Kier molecular flexibility index (Phi) is 20.2. The smallest absolute Gasteiger partial charge is 0.305 e. The van der Waals surface area contributed by atoms with Crippen LogP contribution in [0.3, 0.4) is 0 Å². The Bertz CT molecular complexity index is 758. The maximum absolute atomic E-state index is 12.0. The normalized spacial score (nSPS) is 12.4. The number of carbonyl (C=O) groups excluding carboxylic acids is 1. The fourth-order valence-electron chi connectivity index (χ4n) is 3.93. The van der Waals surface area contributed by atoms with Gasteiger partial charge < -0.3 is 24.4 Å². The van der Waals surface area contributed by atoms with Crippen molar-refractivity contribution in [1.82, 2.24) is 0 Å². The van der Waals surface area contributed by atoms with Crippen LogP contribution in [0.25, 0.3) is 6.08 Å². The first kappa shape index (κ1) is 32.7. The van der Waals surface area contributed by atoms with E-state index in [0.29, 0.717) is 12.2 Å². The third-order valence-electron chi connectivity index (χ3n) is 6.22. The molecule has 1 rings (SSSR count). The molecule has 2 N–H and O–H groups in total. The summed E-state index contributed by atoms with van der Waals surface area (Å²) >= 11 is 0. The Morgan fingerprint density at radius 3 is 2.22 bits per heavy atom. The van der Waals surface area contributed by atoms with E-state index in [9.17, 15) is 15.0 Å². The molecule has 0 spiro atoms. The Labute approximate surface area is 224 Å². The summed E-state index contributed by atoms with van der Waals surface area (Å²) in [4.78, 5) is 12.0. The summed E-state index contributed by atoms with van der Waals surface area (Å²) in [7, 11) is 1.50. The molecule has 0 amide bonds. The van der Waals surface area contributed by atoms with Crippen LogP contribution >= 0.6 is 0 Å². The Hall–Kier alpha value is -2.31. The largest absolute Gasteiger partial charge is 0.504 e. The van der Waals surface area contributed by atoms with E-state index >= 15 is 0 Å². The summed E-state index contributed by atoms with van der Waals surface area (Å²) in [5.74, 6) is 0.237. The number of aliphatic hydroxyl groups is 1. The van der Waals surface area contributed by atoms with Crippen molar-refractivity contribution in [2.75, 3.05) is 26.9 Å². The predicted octanol–water partition coefficient (Wildman–Crippen LogP) is 7.37. The highest BCUT2D eigenvalue weighted by molar-refractivity contribution is 5.69. The van der Waals surface area contributed by atoms with E-state index in [0.717, 1.165) is 31.2 Å². The van der Waals surface area contributed by atoms with Crippen molar-refractivity contribution in [1.29, 1.82) is 0 Å². The molecule has 0 heterocycles. The van der Waals surface area contributed by atoms with Gasteiger partial charge in [-0.1, -0.05) is 88.7 Å². The standard InChI is InChI=1S/C31H50O6/c1-3-4-5-6-7-8-9-10-11-12-13-14-15-16-17-20-31(34)37-26-28(25-32)36-23-18-19-27-21-22-29(33)30(24-27)35-2/h10-11,18-19,21-22,24,28,32-33H,3-9,12-17,20,23,25-26H2,1-2H3/b11-10-,19-18?. The average Bonchev–Trinajstić information content (AvgIpc) is 2.91. The van der Waals surface area contributed by atoms with Gasteiger partial charge in [0.25, 0.3) is 0 Å². The zero-order chi connectivity index (χ0) is 27.0. The summed E-state index contributed by atoms with van der Waals surface area (Å²) < 4.78 is 15.9. The maximum Gasteiger partial charge on any atom is 0.305 e. The number of benzene rings is 1. The van der Waals surface area contributed by atoms with E-state index in [1.165, 1.54) is 64.9 Å². The van der Waals surface area contributed by atoms with Gasteiger partial charge in [0, 0.05) is 6.42 Å². The predicted molar refractivity (Wildman–Crippen MR) is 151 cm³/mol. The highest BCUT2D eigenvalue weighted by Crippen LogP contribution is 2.26. The second-order valence-corrected chi connectivity index (χ2v) is 9.49. The van der Waals surface area contributed by atoms with Gasteiger partial charge in [-0.15, -0.1) is 0 Å². The minimum atomic E-state index is -0.558. The monoisotopic (exact) mass is 518 g/mol. The number of aliphatic hydroxyl groups excluding tert-OH is 1. The number of methoxy groups -OCH3 is 1. The fraction of sp³-hybridized carbons (Fsp3) is 0.645. The molecule has 37 heavy (non-hydrogen) atoms. The van der Waals surface area contributed by atoms with Crippen LogP contribution in [-0.4, -0.2) is 49.2 Å². The maximum atomic E-state index is 12.0. The van der Waals surface area contributed by atoms with Crippen molar-refractivity contribution in [3.8, 4) is 11.5 Å². The number of allylic oxidation sites excluding steroid dienone is 2. The van der Waals surface area contributed by atoms with Crippen LogP contribution in [0.2, 0.25) is 0 Å². The van der Waals surface area contributed by atoms with Crippen LogP contribution in [0.4, 0.5) is 0 Å². The highest BCUT2D eigenvalue weighted by Gasteiger charge is 2.11. The van der Waals surface area contributed by atoms with Crippen molar-refractivity contribution in [3.63, 3.8) is 0 Å². The van der Waals surface area contributed by atoms with E-state index in [2.05, 4.69) is 19.1 Å². The average molecular weight is 519 g/mol. The molecule has 0 radical (unpaired) electrons. The van der Waals surface area contributed by atoms with Crippen LogP contribution in [0.1, 0.15) is 102 Å². The number of phenols is 1. The lowest BCUT2D eigenvalue weighted by atomic mass is 10.1. The van der Waals surface area contributed by atoms with Crippen LogP contribution in [0.15, 0.2) is 36.4 Å². The van der Waals surface area contributed by atoms with E-state index in [4.69, 9.17) is 14.2 Å². The number of hydrogen-bond acceptors (Lipinski definition) is 6. The highest BCUT2D eigenvalue weighted by atomic mass is 16.6. The number of rotatable bonds is 23. The summed E-state index contributed by atoms with van der Waals surface area (Å²) in [6.45, 7) is 2.34. The van der Waals surface area contributed by atoms with Gasteiger partial charge in [-0.05, 0) is 49.8 Å². The minimum Gasteiger partial charge on any atom is -0.504 e. The van der Waals surface area contributed by atoms with Crippen molar-refractivity contribution < 1.29 is 29.2 Å². The first-order chi connectivity index (χ1) is 18.1. The molecule has 6 heteroatoms. The molecule has 1 atom stereocenters. The van der Waals surface area contributed by atoms with E-state index < -0.39 is 6.10 Å². The first-order valence-electron chi connectivity index (χ1n) is 14.2. The molecule has 6 nitrogen and oxygen atoms in total. The van der Waals surface area contributed by atoms with Gasteiger partial charge in [-0.25, -0.2) is 0 Å². The number of phenolic OH excluding ortho intramolecular Hbond substituents is 1. The second-order valence-electron chi connectivity index (χ2n) is 9.49. The van der Waals surface area contributed by atoms with Gasteiger partial charge in [0.2, 0.25) is 0 Å². The molecular formula is C31H50O6. The van der Waals surface area contributed by atoms with Gasteiger partial charge in [0.05, 0.1) is 20.3 Å². The van der Waals surface area contributed by atoms with Crippen molar-refractivity contribution in [2.45, 2.75) is 103 Å². The molecule has 0 aromatic heterocycles. The summed E-state index contributed by atoms with van der Waals surface area (Å²) in [5.41, 5.74) is 0.852. The number of esters is 1. The number of carbonyl (C=O) groups is 1.